The van der Waals surface area contributed by atoms with E-state index in [-0.39, 0.29) is 0 Å². The van der Waals surface area contributed by atoms with E-state index in [0.29, 0.717) is 6.42 Å². The number of allylic oxidation sites excluding steroid dienone is 4. The molecule has 0 amide bonds. The standard InChI is InChI=1S/C18H30O4/c1-2-3-4-5-6-7-8-9-10-11-12-13-14-15-16-18(17(19)20)21-22-18/h5-6,9-10H,2-4,7-8,11-16H2,1H3,(H,19,20)/b6-5+,10-9+. The van der Waals surface area contributed by atoms with Crippen LogP contribution in [0.5, 0.6) is 0 Å². The van der Waals surface area contributed by atoms with Gasteiger partial charge in [-0.2, -0.15) is 9.78 Å². The number of carboxylic acid groups (broad SMARTS) is 1. The number of hydrogen-bond donors (Lipinski definition) is 1. The summed E-state index contributed by atoms with van der Waals surface area (Å²) < 4.78 is 0. The van der Waals surface area contributed by atoms with Gasteiger partial charge in [-0.05, 0) is 38.5 Å². The van der Waals surface area contributed by atoms with Crippen molar-refractivity contribution in [3.8, 4) is 0 Å². The molecule has 1 fully saturated rings. The Balaban J connectivity index is 1.84. The second-order valence-electron chi connectivity index (χ2n) is 5.84. The summed E-state index contributed by atoms with van der Waals surface area (Å²) in [6, 6.07) is 0. The Morgan fingerprint density at radius 3 is 1.95 bits per heavy atom. The van der Waals surface area contributed by atoms with Gasteiger partial charge in [0.05, 0.1) is 0 Å². The topological polar surface area (TPSA) is 62.4 Å². The molecule has 0 radical (unpaired) electrons. The monoisotopic (exact) mass is 310 g/mol. The predicted octanol–water partition coefficient (Wildman–Crippen LogP) is 5.15. The van der Waals surface area contributed by atoms with Crippen LogP contribution >= 0.6 is 0 Å². The molecule has 0 spiro atoms. The molecule has 1 aliphatic rings. The highest BCUT2D eigenvalue weighted by Crippen LogP contribution is 2.35. The third-order valence-corrected chi connectivity index (χ3v) is 3.79. The summed E-state index contributed by atoms with van der Waals surface area (Å²) in [4.78, 5) is 19.9. The minimum atomic E-state index is -1.31. The number of carboxylic acids is 1. The molecule has 126 valence electrons. The zero-order valence-corrected chi connectivity index (χ0v) is 13.8. The fourth-order valence-electron chi connectivity index (χ4n) is 2.27. The van der Waals surface area contributed by atoms with E-state index in [0.717, 1.165) is 44.9 Å². The lowest BCUT2D eigenvalue weighted by Gasteiger charge is -2.01. The molecule has 4 nitrogen and oxygen atoms in total. The van der Waals surface area contributed by atoms with Crippen LogP contribution in [-0.2, 0) is 14.6 Å². The van der Waals surface area contributed by atoms with Crippen molar-refractivity contribution in [3.05, 3.63) is 24.3 Å². The molecule has 0 aromatic carbocycles. The maximum atomic E-state index is 10.8. The van der Waals surface area contributed by atoms with Crippen molar-refractivity contribution in [3.63, 3.8) is 0 Å². The third-order valence-electron chi connectivity index (χ3n) is 3.79. The summed E-state index contributed by atoms with van der Waals surface area (Å²) in [6.07, 6.45) is 20.8. The number of hydrogen-bond acceptors (Lipinski definition) is 3. The van der Waals surface area contributed by atoms with E-state index < -0.39 is 11.8 Å². The Kier molecular flexibility index (Phi) is 9.84. The molecule has 4 heteroatoms. The summed E-state index contributed by atoms with van der Waals surface area (Å²) in [5.41, 5.74) is 0. The number of carbonyl (C=O) groups is 1. The maximum Gasteiger partial charge on any atom is 0.370 e. The van der Waals surface area contributed by atoms with Crippen LogP contribution < -0.4 is 0 Å². The highest BCUT2D eigenvalue weighted by molar-refractivity contribution is 5.76. The molecule has 0 atom stereocenters. The molecule has 1 rings (SSSR count). The van der Waals surface area contributed by atoms with Gasteiger partial charge in [-0.3, -0.25) is 0 Å². The van der Waals surface area contributed by atoms with Gasteiger partial charge >= 0.3 is 11.8 Å². The molecular formula is C18H30O4. The molecular weight excluding hydrogens is 280 g/mol. The molecule has 0 aliphatic carbocycles. The quantitative estimate of drug-likeness (QED) is 0.208. The van der Waals surface area contributed by atoms with Crippen LogP contribution in [-0.4, -0.2) is 16.9 Å². The minimum Gasteiger partial charge on any atom is -0.477 e. The summed E-state index contributed by atoms with van der Waals surface area (Å²) >= 11 is 0. The van der Waals surface area contributed by atoms with Crippen molar-refractivity contribution < 1.29 is 19.7 Å². The van der Waals surface area contributed by atoms with E-state index in [1.165, 1.54) is 19.3 Å². The van der Waals surface area contributed by atoms with Crippen LogP contribution in [0.1, 0.15) is 77.6 Å². The Labute approximate surface area is 134 Å². The Morgan fingerprint density at radius 1 is 0.864 bits per heavy atom. The lowest BCUT2D eigenvalue weighted by Crippen LogP contribution is -2.23. The average Bonchev–Trinajstić information content (AvgIpc) is 3.29. The van der Waals surface area contributed by atoms with Crippen LogP contribution in [0.15, 0.2) is 24.3 Å². The van der Waals surface area contributed by atoms with Crippen LogP contribution in [0, 0.1) is 0 Å². The van der Waals surface area contributed by atoms with E-state index in [1.807, 2.05) is 0 Å². The number of rotatable bonds is 14. The maximum absolute atomic E-state index is 10.8. The lowest BCUT2D eigenvalue weighted by atomic mass is 10.1. The van der Waals surface area contributed by atoms with Crippen LogP contribution in [0.3, 0.4) is 0 Å². The largest absolute Gasteiger partial charge is 0.477 e. The van der Waals surface area contributed by atoms with E-state index in [2.05, 4.69) is 41.0 Å². The fourth-order valence-corrected chi connectivity index (χ4v) is 2.27. The van der Waals surface area contributed by atoms with Gasteiger partial charge in [-0.1, -0.05) is 56.9 Å². The Morgan fingerprint density at radius 2 is 1.41 bits per heavy atom. The van der Waals surface area contributed by atoms with Crippen LogP contribution in [0.4, 0.5) is 0 Å². The van der Waals surface area contributed by atoms with E-state index in [9.17, 15) is 4.79 Å². The first-order valence-electron chi connectivity index (χ1n) is 8.61. The summed E-state index contributed by atoms with van der Waals surface area (Å²) in [6.45, 7) is 2.22. The summed E-state index contributed by atoms with van der Waals surface area (Å²) in [5, 5.41) is 8.84. The lowest BCUT2D eigenvalue weighted by molar-refractivity contribution is -0.144. The van der Waals surface area contributed by atoms with Gasteiger partial charge in [0.2, 0.25) is 0 Å². The molecule has 1 heterocycles. The number of aliphatic carboxylic acids is 1. The first-order valence-corrected chi connectivity index (χ1v) is 8.61. The number of unbranched alkanes of at least 4 members (excludes halogenated alkanes) is 7. The van der Waals surface area contributed by atoms with Crippen molar-refractivity contribution >= 4 is 5.97 Å². The predicted molar refractivity (Wildman–Crippen MR) is 87.3 cm³/mol. The van der Waals surface area contributed by atoms with Gasteiger partial charge in [0, 0.05) is 6.42 Å². The SMILES string of the molecule is CCCC/C=C/CC/C=C/CCCCCCC1(C(=O)O)OO1. The Bertz CT molecular complexity index is 356. The van der Waals surface area contributed by atoms with Gasteiger partial charge in [0.25, 0.3) is 0 Å². The summed E-state index contributed by atoms with van der Waals surface area (Å²) in [5.74, 6) is -2.33. The first kappa shape index (κ1) is 18.9. The van der Waals surface area contributed by atoms with E-state index >= 15 is 0 Å². The zero-order chi connectivity index (χ0) is 16.1. The molecule has 1 N–H and O–H groups in total. The normalized spacial score (nSPS) is 16.6. The molecule has 0 aromatic rings. The van der Waals surface area contributed by atoms with Crippen molar-refractivity contribution in [1.29, 1.82) is 0 Å². The van der Waals surface area contributed by atoms with Crippen molar-refractivity contribution in [2.75, 3.05) is 0 Å². The van der Waals surface area contributed by atoms with Gasteiger partial charge in [0.15, 0.2) is 0 Å². The molecule has 22 heavy (non-hydrogen) atoms. The fraction of sp³-hybridized carbons (Fsp3) is 0.722. The molecule has 0 aromatic heterocycles. The van der Waals surface area contributed by atoms with Gasteiger partial charge in [-0.25, -0.2) is 4.79 Å². The molecule has 0 bridgehead atoms. The Hall–Kier alpha value is -1.13. The van der Waals surface area contributed by atoms with E-state index in [4.69, 9.17) is 5.11 Å². The van der Waals surface area contributed by atoms with Gasteiger partial charge < -0.3 is 5.11 Å². The van der Waals surface area contributed by atoms with Gasteiger partial charge in [-0.15, -0.1) is 0 Å². The van der Waals surface area contributed by atoms with Crippen molar-refractivity contribution in [2.24, 2.45) is 0 Å². The molecule has 1 saturated heterocycles. The zero-order valence-electron chi connectivity index (χ0n) is 13.8. The molecule has 1 aliphatic heterocycles. The first-order chi connectivity index (χ1) is 10.7. The highest BCUT2D eigenvalue weighted by atomic mass is 17.4. The van der Waals surface area contributed by atoms with Crippen molar-refractivity contribution in [2.45, 2.75) is 83.3 Å². The average molecular weight is 310 g/mol. The van der Waals surface area contributed by atoms with Crippen LogP contribution in [0.25, 0.3) is 0 Å². The van der Waals surface area contributed by atoms with Crippen LogP contribution in [0.2, 0.25) is 0 Å². The molecule has 0 unspecified atom stereocenters. The smallest absolute Gasteiger partial charge is 0.370 e. The highest BCUT2D eigenvalue weighted by Gasteiger charge is 2.56. The van der Waals surface area contributed by atoms with Gasteiger partial charge in [0.1, 0.15) is 0 Å². The van der Waals surface area contributed by atoms with Crippen molar-refractivity contribution in [1.82, 2.24) is 0 Å². The second kappa shape index (κ2) is 11.4. The van der Waals surface area contributed by atoms with E-state index in [1.54, 1.807) is 0 Å². The summed E-state index contributed by atoms with van der Waals surface area (Å²) in [7, 11) is 0. The minimum absolute atomic E-state index is 0.447. The molecule has 0 saturated carbocycles. The second-order valence-corrected chi connectivity index (χ2v) is 5.84. The third kappa shape index (κ3) is 8.35.